The fourth-order valence-corrected chi connectivity index (χ4v) is 7.65. The van der Waals surface area contributed by atoms with E-state index in [9.17, 15) is 14.3 Å². The number of carbonyl (C=O) groups excluding carboxylic acids is 1. The fourth-order valence-electron chi connectivity index (χ4n) is 6.88. The molecular formula is C44H90NO7P. The number of hydrogen-bond donors (Lipinski definition) is 2. The maximum absolute atomic E-state index is 12.5. The average Bonchev–Trinajstić information content (AvgIpc) is 3.15. The summed E-state index contributed by atoms with van der Waals surface area (Å²) in [6.07, 6.45) is 44.3. The number of phosphoric ester groups is 1. The Morgan fingerprint density at radius 1 is 0.491 bits per heavy atom. The molecule has 0 heterocycles. The molecule has 318 valence electrons. The Bertz CT molecular complexity index is 787. The highest BCUT2D eigenvalue weighted by Crippen LogP contribution is 2.43. The highest BCUT2D eigenvalue weighted by molar-refractivity contribution is 7.47. The van der Waals surface area contributed by atoms with Gasteiger partial charge in [-0.2, -0.15) is 0 Å². The van der Waals surface area contributed by atoms with Gasteiger partial charge in [0, 0.05) is 19.6 Å². The van der Waals surface area contributed by atoms with Gasteiger partial charge in [0.2, 0.25) is 0 Å². The van der Waals surface area contributed by atoms with Gasteiger partial charge >= 0.3 is 13.8 Å². The van der Waals surface area contributed by atoms with Crippen molar-refractivity contribution < 1.29 is 32.8 Å². The van der Waals surface area contributed by atoms with Gasteiger partial charge in [0.1, 0.15) is 6.10 Å². The maximum atomic E-state index is 12.5. The van der Waals surface area contributed by atoms with Crippen molar-refractivity contribution >= 4 is 13.8 Å². The van der Waals surface area contributed by atoms with Crippen LogP contribution >= 0.6 is 7.82 Å². The zero-order valence-corrected chi connectivity index (χ0v) is 36.2. The van der Waals surface area contributed by atoms with Gasteiger partial charge < -0.3 is 20.1 Å². The first-order valence-electron chi connectivity index (χ1n) is 23.0. The minimum Gasteiger partial charge on any atom is -0.457 e. The summed E-state index contributed by atoms with van der Waals surface area (Å²) in [4.78, 5) is 22.4. The molecule has 0 saturated carbocycles. The van der Waals surface area contributed by atoms with Gasteiger partial charge in [0.15, 0.2) is 0 Å². The zero-order chi connectivity index (χ0) is 38.8. The lowest BCUT2D eigenvalue weighted by Gasteiger charge is -2.20. The molecule has 0 amide bonds. The summed E-state index contributed by atoms with van der Waals surface area (Å²) < 4.78 is 33.4. The van der Waals surface area contributed by atoms with Crippen molar-refractivity contribution in [2.45, 2.75) is 245 Å². The van der Waals surface area contributed by atoms with Gasteiger partial charge in [-0.3, -0.25) is 13.8 Å². The van der Waals surface area contributed by atoms with Gasteiger partial charge in [-0.05, 0) is 12.8 Å². The third-order valence-electron chi connectivity index (χ3n) is 10.3. The van der Waals surface area contributed by atoms with Gasteiger partial charge in [-0.15, -0.1) is 0 Å². The van der Waals surface area contributed by atoms with Crippen molar-refractivity contribution in [3.63, 3.8) is 0 Å². The molecule has 0 rings (SSSR count). The number of esters is 1. The van der Waals surface area contributed by atoms with E-state index in [0.29, 0.717) is 13.0 Å². The van der Waals surface area contributed by atoms with Crippen molar-refractivity contribution in [2.75, 3.05) is 33.0 Å². The number of unbranched alkanes of at least 4 members (excludes halogenated alkanes) is 32. The van der Waals surface area contributed by atoms with Crippen molar-refractivity contribution in [1.29, 1.82) is 0 Å². The SMILES string of the molecule is CCCCCCCCCCCCCCCCCCCCCCCCCCOCC(COP(=O)(O)OCCN)OC(=O)CCCCCCCCCCCC. The lowest BCUT2D eigenvalue weighted by atomic mass is 10.0. The van der Waals surface area contributed by atoms with Crippen molar-refractivity contribution in [3.8, 4) is 0 Å². The molecule has 0 spiro atoms. The van der Waals surface area contributed by atoms with E-state index in [0.717, 1.165) is 32.1 Å². The lowest BCUT2D eigenvalue weighted by Crippen LogP contribution is -2.28. The van der Waals surface area contributed by atoms with Gasteiger partial charge in [-0.1, -0.05) is 219 Å². The standard InChI is InChI=1S/C44H90NO7P/c1-3-5-7-9-11-13-15-16-17-18-19-20-21-22-23-24-25-26-27-28-30-32-34-36-39-49-41-43(42-51-53(47,48)50-40-38-45)52-44(46)37-35-33-31-29-14-12-10-8-6-4-2/h43H,3-42,45H2,1-2H3,(H,47,48). The number of nitrogens with two attached hydrogens (primary N) is 1. The Hall–Kier alpha value is -0.500. The summed E-state index contributed by atoms with van der Waals surface area (Å²) in [5.74, 6) is -0.327. The second-order valence-electron chi connectivity index (χ2n) is 15.6. The molecule has 0 aliphatic carbocycles. The molecule has 0 aromatic rings. The molecule has 0 aromatic carbocycles. The predicted octanol–water partition coefficient (Wildman–Crippen LogP) is 13.7. The average molecular weight is 776 g/mol. The molecule has 2 atom stereocenters. The first-order chi connectivity index (χ1) is 25.9. The highest BCUT2D eigenvalue weighted by atomic mass is 31.2. The molecule has 2 unspecified atom stereocenters. The van der Waals surface area contributed by atoms with E-state index in [2.05, 4.69) is 13.8 Å². The van der Waals surface area contributed by atoms with Crippen LogP contribution in [0.2, 0.25) is 0 Å². The van der Waals surface area contributed by atoms with Crippen LogP contribution in [0.5, 0.6) is 0 Å². The Balaban J connectivity index is 3.81. The summed E-state index contributed by atoms with van der Waals surface area (Å²) in [6, 6.07) is 0. The number of hydrogen-bond acceptors (Lipinski definition) is 7. The first-order valence-corrected chi connectivity index (χ1v) is 24.5. The molecule has 0 aliphatic rings. The van der Waals surface area contributed by atoms with Crippen LogP contribution in [0.15, 0.2) is 0 Å². The Kier molecular flexibility index (Phi) is 42.2. The monoisotopic (exact) mass is 776 g/mol. The second kappa shape index (κ2) is 42.6. The second-order valence-corrected chi connectivity index (χ2v) is 17.1. The van der Waals surface area contributed by atoms with E-state index in [1.165, 1.54) is 186 Å². The third kappa shape index (κ3) is 42.5. The van der Waals surface area contributed by atoms with E-state index in [-0.39, 0.29) is 32.3 Å². The topological polar surface area (TPSA) is 117 Å². The Morgan fingerprint density at radius 2 is 0.830 bits per heavy atom. The molecular weight excluding hydrogens is 685 g/mol. The molecule has 0 saturated heterocycles. The molecule has 8 nitrogen and oxygen atoms in total. The molecule has 53 heavy (non-hydrogen) atoms. The zero-order valence-electron chi connectivity index (χ0n) is 35.3. The van der Waals surface area contributed by atoms with Crippen LogP contribution < -0.4 is 5.73 Å². The Labute approximate surface area is 329 Å². The number of ether oxygens (including phenoxy) is 2. The molecule has 9 heteroatoms. The highest BCUT2D eigenvalue weighted by Gasteiger charge is 2.25. The van der Waals surface area contributed by atoms with Crippen LogP contribution in [-0.4, -0.2) is 49.9 Å². The predicted molar refractivity (Wildman–Crippen MR) is 224 cm³/mol. The summed E-state index contributed by atoms with van der Waals surface area (Å²) in [5, 5.41) is 0. The quantitative estimate of drug-likeness (QED) is 0.0357. The van der Waals surface area contributed by atoms with Gasteiger partial charge in [-0.25, -0.2) is 4.57 Å². The minimum atomic E-state index is -4.26. The summed E-state index contributed by atoms with van der Waals surface area (Å²) in [5.41, 5.74) is 5.36. The number of phosphoric acid groups is 1. The normalized spacial score (nSPS) is 13.4. The van der Waals surface area contributed by atoms with Gasteiger partial charge in [0.05, 0.1) is 19.8 Å². The lowest BCUT2D eigenvalue weighted by molar-refractivity contribution is -0.154. The van der Waals surface area contributed by atoms with Crippen molar-refractivity contribution in [2.24, 2.45) is 5.73 Å². The minimum absolute atomic E-state index is 0.0902. The van der Waals surface area contributed by atoms with E-state index < -0.39 is 13.9 Å². The Morgan fingerprint density at radius 3 is 1.19 bits per heavy atom. The molecule has 0 aromatic heterocycles. The molecule has 0 radical (unpaired) electrons. The molecule has 0 fully saturated rings. The van der Waals surface area contributed by atoms with Crippen LogP contribution in [0, 0.1) is 0 Å². The van der Waals surface area contributed by atoms with Gasteiger partial charge in [0.25, 0.3) is 0 Å². The van der Waals surface area contributed by atoms with E-state index >= 15 is 0 Å². The fraction of sp³-hybridized carbons (Fsp3) is 0.977. The van der Waals surface area contributed by atoms with Crippen LogP contribution in [0.3, 0.4) is 0 Å². The smallest absolute Gasteiger partial charge is 0.457 e. The first kappa shape index (κ1) is 52.5. The number of rotatable bonds is 45. The summed E-state index contributed by atoms with van der Waals surface area (Å²) in [6.45, 7) is 4.97. The van der Waals surface area contributed by atoms with E-state index in [1.54, 1.807) is 0 Å². The van der Waals surface area contributed by atoms with Crippen LogP contribution in [0.1, 0.15) is 239 Å². The molecule has 0 aliphatic heterocycles. The molecule has 0 bridgehead atoms. The maximum Gasteiger partial charge on any atom is 0.472 e. The summed E-state index contributed by atoms with van der Waals surface area (Å²) >= 11 is 0. The third-order valence-corrected chi connectivity index (χ3v) is 11.3. The van der Waals surface area contributed by atoms with Crippen LogP contribution in [0.4, 0.5) is 0 Å². The molecule has 3 N–H and O–H groups in total. The van der Waals surface area contributed by atoms with Crippen molar-refractivity contribution in [1.82, 2.24) is 0 Å². The van der Waals surface area contributed by atoms with Crippen molar-refractivity contribution in [3.05, 3.63) is 0 Å². The van der Waals surface area contributed by atoms with Crippen LogP contribution in [-0.2, 0) is 27.9 Å². The van der Waals surface area contributed by atoms with Crippen LogP contribution in [0.25, 0.3) is 0 Å². The largest absolute Gasteiger partial charge is 0.472 e. The van der Waals surface area contributed by atoms with E-state index in [1.807, 2.05) is 0 Å². The van der Waals surface area contributed by atoms with E-state index in [4.69, 9.17) is 24.3 Å². The number of carbonyl (C=O) groups is 1. The summed E-state index contributed by atoms with van der Waals surface area (Å²) in [7, 11) is -4.26.